The van der Waals surface area contributed by atoms with Crippen molar-refractivity contribution in [3.8, 4) is 11.6 Å². The number of aromatic nitrogens is 3. The van der Waals surface area contributed by atoms with Crippen molar-refractivity contribution in [3.05, 3.63) is 23.1 Å². The maximum absolute atomic E-state index is 12.9. The Kier molecular flexibility index (Phi) is 4.56. The molecular weight excluding hydrogens is 330 g/mol. The van der Waals surface area contributed by atoms with E-state index in [4.69, 9.17) is 4.52 Å². The van der Waals surface area contributed by atoms with Gasteiger partial charge in [0.25, 0.3) is 5.89 Å². The highest BCUT2D eigenvalue weighted by atomic mass is 16.5. The van der Waals surface area contributed by atoms with E-state index in [1.807, 2.05) is 23.3 Å². The van der Waals surface area contributed by atoms with Crippen LogP contribution < -0.4 is 0 Å². The maximum atomic E-state index is 12.9. The van der Waals surface area contributed by atoms with E-state index in [2.05, 4.69) is 28.0 Å². The summed E-state index contributed by atoms with van der Waals surface area (Å²) in [6.45, 7) is 11.1. The van der Waals surface area contributed by atoms with Gasteiger partial charge in [-0.05, 0) is 44.9 Å². The van der Waals surface area contributed by atoms with Gasteiger partial charge in [-0.2, -0.15) is 4.98 Å². The van der Waals surface area contributed by atoms with Crippen LogP contribution in [0.3, 0.4) is 0 Å². The second-order valence-electron chi connectivity index (χ2n) is 7.45. The number of aryl methyl sites for hydroxylation is 2. The van der Waals surface area contributed by atoms with Crippen molar-refractivity contribution in [1.82, 2.24) is 24.5 Å². The van der Waals surface area contributed by atoms with Crippen molar-refractivity contribution in [2.24, 2.45) is 0 Å². The second kappa shape index (κ2) is 6.87. The Bertz CT molecular complexity index is 797. The first-order valence-corrected chi connectivity index (χ1v) is 9.57. The largest absolute Gasteiger partial charge is 0.339 e. The predicted octanol–water partition coefficient (Wildman–Crippen LogP) is 2.20. The molecule has 1 aliphatic carbocycles. The summed E-state index contributed by atoms with van der Waals surface area (Å²) in [5, 5.41) is 4.13. The Morgan fingerprint density at radius 1 is 1.23 bits per heavy atom. The van der Waals surface area contributed by atoms with E-state index in [0.29, 0.717) is 18.4 Å². The van der Waals surface area contributed by atoms with E-state index in [1.165, 1.54) is 0 Å². The molecule has 7 heteroatoms. The Morgan fingerprint density at radius 3 is 2.62 bits per heavy atom. The Balaban J connectivity index is 1.53. The minimum absolute atomic E-state index is 0.155. The van der Waals surface area contributed by atoms with Gasteiger partial charge in [0.1, 0.15) is 12.2 Å². The molecule has 0 N–H and O–H groups in total. The Hall–Kier alpha value is -2.15. The summed E-state index contributed by atoms with van der Waals surface area (Å²) in [6, 6.07) is 2.08. The van der Waals surface area contributed by atoms with Crippen LogP contribution in [0.25, 0.3) is 11.6 Å². The van der Waals surface area contributed by atoms with Crippen molar-refractivity contribution >= 4 is 5.91 Å². The van der Waals surface area contributed by atoms with E-state index in [9.17, 15) is 4.79 Å². The zero-order chi connectivity index (χ0) is 18.3. The lowest BCUT2D eigenvalue weighted by Crippen LogP contribution is -2.49. The molecule has 4 rings (SSSR count). The summed E-state index contributed by atoms with van der Waals surface area (Å²) in [5.41, 5.74) is 2.99. The number of nitrogens with zero attached hydrogens (tertiary/aromatic N) is 5. The third-order valence-corrected chi connectivity index (χ3v) is 5.55. The molecule has 0 aromatic carbocycles. The molecule has 3 heterocycles. The summed E-state index contributed by atoms with van der Waals surface area (Å²) in [5.74, 6) is 1.93. The molecule has 1 amide bonds. The van der Waals surface area contributed by atoms with Crippen molar-refractivity contribution < 1.29 is 9.32 Å². The van der Waals surface area contributed by atoms with Crippen LogP contribution in [-0.4, -0.2) is 63.1 Å². The first-order valence-electron chi connectivity index (χ1n) is 9.57. The summed E-state index contributed by atoms with van der Waals surface area (Å²) >= 11 is 0. The van der Waals surface area contributed by atoms with E-state index in [0.717, 1.165) is 68.3 Å². The predicted molar refractivity (Wildman–Crippen MR) is 97.9 cm³/mol. The minimum Gasteiger partial charge on any atom is -0.339 e. The normalized spacial score (nSPS) is 18.5. The minimum atomic E-state index is 0.155. The third-order valence-electron chi connectivity index (χ3n) is 5.55. The summed E-state index contributed by atoms with van der Waals surface area (Å²) in [7, 11) is 0. The van der Waals surface area contributed by atoms with Gasteiger partial charge < -0.3 is 18.9 Å². The summed E-state index contributed by atoms with van der Waals surface area (Å²) in [4.78, 5) is 21.8. The lowest BCUT2D eigenvalue weighted by Gasteiger charge is -2.34. The molecule has 1 saturated carbocycles. The van der Waals surface area contributed by atoms with Gasteiger partial charge >= 0.3 is 0 Å². The van der Waals surface area contributed by atoms with Gasteiger partial charge in [-0.15, -0.1) is 0 Å². The molecule has 26 heavy (non-hydrogen) atoms. The number of likely N-dealkylation sites (N-methyl/N-ethyl adjacent to an activating group) is 1. The van der Waals surface area contributed by atoms with Gasteiger partial charge in [0.2, 0.25) is 5.91 Å². The number of carbonyl (C=O) groups is 1. The molecule has 2 aromatic rings. The fraction of sp³-hybridized carbons (Fsp3) is 0.632. The lowest BCUT2D eigenvalue weighted by atomic mass is 10.2. The maximum Gasteiger partial charge on any atom is 0.274 e. The van der Waals surface area contributed by atoms with Gasteiger partial charge in [0.05, 0.1) is 0 Å². The van der Waals surface area contributed by atoms with Gasteiger partial charge in [-0.25, -0.2) is 0 Å². The Labute approximate surface area is 154 Å². The summed E-state index contributed by atoms with van der Waals surface area (Å²) < 4.78 is 7.55. The molecule has 0 spiro atoms. The molecule has 0 bridgehead atoms. The average molecular weight is 357 g/mol. The number of hydrogen-bond acceptors (Lipinski definition) is 5. The highest BCUT2D eigenvalue weighted by molar-refractivity contribution is 5.77. The molecule has 1 aliphatic heterocycles. The van der Waals surface area contributed by atoms with Crippen LogP contribution in [-0.2, 0) is 11.3 Å². The highest BCUT2D eigenvalue weighted by Crippen LogP contribution is 2.39. The van der Waals surface area contributed by atoms with Crippen LogP contribution in [0.5, 0.6) is 0 Å². The fourth-order valence-electron chi connectivity index (χ4n) is 3.72. The third kappa shape index (κ3) is 3.28. The molecule has 2 aromatic heterocycles. The Morgan fingerprint density at radius 2 is 1.96 bits per heavy atom. The van der Waals surface area contributed by atoms with Crippen LogP contribution in [0.4, 0.5) is 0 Å². The number of rotatable bonds is 5. The zero-order valence-electron chi connectivity index (χ0n) is 15.9. The topological polar surface area (TPSA) is 67.4 Å². The standard InChI is InChI=1S/C19H27N5O2/c1-4-22-7-9-23(10-8-22)16(25)12-24-14(3)11-13(2)17(24)19-20-18(21-26-19)15-5-6-15/h11,15H,4-10,12H2,1-3H3. The van der Waals surface area contributed by atoms with E-state index < -0.39 is 0 Å². The van der Waals surface area contributed by atoms with Crippen LogP contribution >= 0.6 is 0 Å². The van der Waals surface area contributed by atoms with Gasteiger partial charge in [-0.1, -0.05) is 12.1 Å². The monoisotopic (exact) mass is 357 g/mol. The molecule has 0 atom stereocenters. The lowest BCUT2D eigenvalue weighted by molar-refractivity contribution is -0.133. The first-order chi connectivity index (χ1) is 12.6. The summed E-state index contributed by atoms with van der Waals surface area (Å²) in [6.07, 6.45) is 2.28. The van der Waals surface area contributed by atoms with E-state index in [1.54, 1.807) is 0 Å². The molecule has 2 aliphatic rings. The van der Waals surface area contributed by atoms with Crippen molar-refractivity contribution in [2.75, 3.05) is 32.7 Å². The second-order valence-corrected chi connectivity index (χ2v) is 7.45. The van der Waals surface area contributed by atoms with E-state index >= 15 is 0 Å². The SMILES string of the molecule is CCN1CCN(C(=O)Cn2c(C)cc(C)c2-c2nc(C3CC3)no2)CC1. The number of carbonyl (C=O) groups excluding carboxylic acids is 1. The first kappa shape index (κ1) is 17.3. The molecule has 1 saturated heterocycles. The molecule has 0 unspecified atom stereocenters. The van der Waals surface area contributed by atoms with Gasteiger partial charge in [-0.3, -0.25) is 4.79 Å². The number of piperazine rings is 1. The van der Waals surface area contributed by atoms with Crippen molar-refractivity contribution in [3.63, 3.8) is 0 Å². The molecular formula is C19H27N5O2. The smallest absolute Gasteiger partial charge is 0.274 e. The van der Waals surface area contributed by atoms with Crippen molar-refractivity contribution in [1.29, 1.82) is 0 Å². The fourth-order valence-corrected chi connectivity index (χ4v) is 3.72. The quantitative estimate of drug-likeness (QED) is 0.821. The average Bonchev–Trinajstić information content (AvgIpc) is 3.32. The van der Waals surface area contributed by atoms with Crippen molar-refractivity contribution in [2.45, 2.75) is 46.1 Å². The number of amides is 1. The highest BCUT2D eigenvalue weighted by Gasteiger charge is 2.30. The van der Waals surface area contributed by atoms with Crippen LogP contribution in [0, 0.1) is 13.8 Å². The molecule has 2 fully saturated rings. The molecule has 0 radical (unpaired) electrons. The van der Waals surface area contributed by atoms with Gasteiger partial charge in [0.15, 0.2) is 5.82 Å². The van der Waals surface area contributed by atoms with Crippen LogP contribution in [0.2, 0.25) is 0 Å². The molecule has 140 valence electrons. The van der Waals surface area contributed by atoms with Crippen LogP contribution in [0.15, 0.2) is 10.6 Å². The van der Waals surface area contributed by atoms with E-state index in [-0.39, 0.29) is 5.91 Å². The number of hydrogen-bond donors (Lipinski definition) is 0. The zero-order valence-corrected chi connectivity index (χ0v) is 15.9. The van der Waals surface area contributed by atoms with Crippen LogP contribution in [0.1, 0.15) is 42.8 Å². The van der Waals surface area contributed by atoms with Gasteiger partial charge in [0, 0.05) is 37.8 Å². The molecule has 7 nitrogen and oxygen atoms in total.